The number of unbranched alkanes of at least 4 members (excludes halogenated alkanes) is 1. The van der Waals surface area contributed by atoms with Crippen molar-refractivity contribution < 1.29 is 5.11 Å². The highest BCUT2D eigenvalue weighted by molar-refractivity contribution is 6.01. The Bertz CT molecular complexity index is 940. The maximum Gasteiger partial charge on any atom is 0.139 e. The van der Waals surface area contributed by atoms with Gasteiger partial charge >= 0.3 is 0 Å². The number of aliphatic hydroxyl groups excluding tert-OH is 1. The van der Waals surface area contributed by atoms with Crippen LogP contribution in [0.2, 0.25) is 0 Å². The average molecular weight is 351 g/mol. The molecule has 1 aliphatic rings. The molecule has 0 unspecified atom stereocenters. The molecule has 0 aliphatic heterocycles. The van der Waals surface area contributed by atoms with Crippen LogP contribution in [0.15, 0.2) is 18.5 Å². The Morgan fingerprint density at radius 3 is 2.92 bits per heavy atom. The van der Waals surface area contributed by atoms with Gasteiger partial charge in [-0.3, -0.25) is 0 Å². The highest BCUT2D eigenvalue weighted by Gasteiger charge is 2.27. The van der Waals surface area contributed by atoms with Gasteiger partial charge in [0.15, 0.2) is 0 Å². The summed E-state index contributed by atoms with van der Waals surface area (Å²) in [6.07, 6.45) is 10.5. The van der Waals surface area contributed by atoms with E-state index >= 15 is 0 Å². The summed E-state index contributed by atoms with van der Waals surface area (Å²) in [4.78, 5) is 12.3. The molecule has 0 radical (unpaired) electrons. The van der Waals surface area contributed by atoms with Gasteiger partial charge in [0.05, 0.1) is 17.8 Å². The average Bonchev–Trinajstić information content (AvgIpc) is 3.26. The van der Waals surface area contributed by atoms with E-state index in [1.807, 2.05) is 12.3 Å². The lowest BCUT2D eigenvalue weighted by Crippen LogP contribution is -2.20. The number of aromatic amines is 1. The fraction of sp³-hybridized carbons (Fsp3) is 0.550. The Balaban J connectivity index is 1.66. The van der Waals surface area contributed by atoms with Crippen LogP contribution in [0.1, 0.15) is 69.8 Å². The molecule has 3 aromatic heterocycles. The first kappa shape index (κ1) is 17.0. The van der Waals surface area contributed by atoms with Crippen LogP contribution in [0.3, 0.4) is 0 Å². The van der Waals surface area contributed by atoms with Gasteiger partial charge in [-0.1, -0.05) is 0 Å². The normalized spacial score (nSPS) is 21.9. The molecule has 0 aromatic carbocycles. The van der Waals surface area contributed by atoms with E-state index in [2.05, 4.69) is 20.6 Å². The summed E-state index contributed by atoms with van der Waals surface area (Å²) >= 11 is 0. The highest BCUT2D eigenvalue weighted by atomic mass is 16.3. The zero-order chi connectivity index (χ0) is 18.1. The number of nitrogens with zero attached hydrogens (tertiary/aromatic N) is 4. The second-order valence-electron chi connectivity index (χ2n) is 7.47. The first-order chi connectivity index (χ1) is 12.7. The molecule has 0 amide bonds. The summed E-state index contributed by atoms with van der Waals surface area (Å²) in [5.41, 5.74) is 2.80. The Kier molecular flexibility index (Phi) is 4.64. The molecule has 1 aliphatic carbocycles. The second-order valence-corrected chi connectivity index (χ2v) is 7.47. The van der Waals surface area contributed by atoms with E-state index < -0.39 is 6.10 Å². The Morgan fingerprint density at radius 2 is 2.19 bits per heavy atom. The van der Waals surface area contributed by atoms with Crippen LogP contribution in [-0.4, -0.2) is 24.6 Å². The maximum atomic E-state index is 10.3. The van der Waals surface area contributed by atoms with Crippen LogP contribution in [0.5, 0.6) is 0 Å². The highest BCUT2D eigenvalue weighted by Crippen LogP contribution is 2.39. The number of fused-ring (bicyclic) bond motifs is 3. The van der Waals surface area contributed by atoms with Gasteiger partial charge in [0.25, 0.3) is 0 Å². The molecule has 1 fully saturated rings. The monoisotopic (exact) mass is 351 g/mol. The lowest BCUT2D eigenvalue weighted by Gasteiger charge is -2.31. The standard InChI is InChI=1S/C20H25N5O/c1-13(26)20-24-17-12-23-19-16(9-11-22-19)18(17)25(20)15-7-5-14(6-8-15)4-2-3-10-21/h9,11-15,26H,2-8H2,1H3,(H,22,23)/t13-,14?,15?/m1/s1. The van der Waals surface area contributed by atoms with Crippen molar-refractivity contribution in [1.82, 2.24) is 19.5 Å². The molecule has 3 heterocycles. The molecule has 6 heteroatoms. The number of imidazole rings is 1. The fourth-order valence-corrected chi connectivity index (χ4v) is 4.44. The number of aliphatic hydroxyl groups is 1. The molecule has 2 N–H and O–H groups in total. The molecular formula is C20H25N5O. The third kappa shape index (κ3) is 2.97. The minimum absolute atomic E-state index is 0.359. The number of rotatable bonds is 5. The van der Waals surface area contributed by atoms with Gasteiger partial charge in [-0.15, -0.1) is 0 Å². The molecule has 0 bridgehead atoms. The van der Waals surface area contributed by atoms with Gasteiger partial charge in [-0.2, -0.15) is 5.26 Å². The first-order valence-electron chi connectivity index (χ1n) is 9.58. The predicted molar refractivity (Wildman–Crippen MR) is 100 cm³/mol. The molecule has 4 rings (SSSR count). The van der Waals surface area contributed by atoms with Crippen molar-refractivity contribution >= 4 is 22.1 Å². The largest absolute Gasteiger partial charge is 0.385 e. The summed E-state index contributed by atoms with van der Waals surface area (Å²) in [7, 11) is 0. The van der Waals surface area contributed by atoms with Crippen LogP contribution in [0, 0.1) is 17.2 Å². The van der Waals surface area contributed by atoms with Crippen molar-refractivity contribution in [3.63, 3.8) is 0 Å². The Labute approximate surface area is 152 Å². The molecular weight excluding hydrogens is 326 g/mol. The smallest absolute Gasteiger partial charge is 0.139 e. The van der Waals surface area contributed by atoms with Crippen molar-refractivity contribution in [3.05, 3.63) is 24.3 Å². The van der Waals surface area contributed by atoms with E-state index in [0.29, 0.717) is 12.5 Å². The molecule has 1 atom stereocenters. The molecule has 26 heavy (non-hydrogen) atoms. The number of nitriles is 1. The van der Waals surface area contributed by atoms with Crippen LogP contribution in [0.4, 0.5) is 0 Å². The van der Waals surface area contributed by atoms with Crippen LogP contribution < -0.4 is 0 Å². The number of pyridine rings is 1. The van der Waals surface area contributed by atoms with E-state index in [0.717, 1.165) is 59.5 Å². The summed E-state index contributed by atoms with van der Waals surface area (Å²) in [6, 6.07) is 4.65. The predicted octanol–water partition coefficient (Wildman–Crippen LogP) is 4.39. The number of nitrogens with one attached hydrogen (secondary N) is 1. The molecule has 1 saturated carbocycles. The summed E-state index contributed by atoms with van der Waals surface area (Å²) in [6.45, 7) is 1.78. The molecule has 136 valence electrons. The SMILES string of the molecule is C[C@@H](O)c1nc2cnc3[nH]ccc3c2n1C1CCC(CCCC#N)CC1. The molecule has 0 spiro atoms. The Morgan fingerprint density at radius 1 is 1.38 bits per heavy atom. The van der Waals surface area contributed by atoms with Gasteiger partial charge in [0, 0.05) is 24.0 Å². The van der Waals surface area contributed by atoms with Crippen LogP contribution in [-0.2, 0) is 0 Å². The van der Waals surface area contributed by atoms with Crippen molar-refractivity contribution in [2.45, 2.75) is 64.0 Å². The van der Waals surface area contributed by atoms with E-state index in [-0.39, 0.29) is 0 Å². The van der Waals surface area contributed by atoms with Crippen LogP contribution in [0.25, 0.3) is 22.1 Å². The minimum Gasteiger partial charge on any atom is -0.385 e. The Hall–Kier alpha value is -2.39. The number of hydrogen-bond acceptors (Lipinski definition) is 4. The first-order valence-corrected chi connectivity index (χ1v) is 9.58. The maximum absolute atomic E-state index is 10.3. The van der Waals surface area contributed by atoms with E-state index in [4.69, 9.17) is 10.2 Å². The molecule has 3 aromatic rings. The van der Waals surface area contributed by atoms with E-state index in [9.17, 15) is 5.11 Å². The zero-order valence-electron chi connectivity index (χ0n) is 15.1. The van der Waals surface area contributed by atoms with Gasteiger partial charge in [0.1, 0.15) is 23.1 Å². The topological polar surface area (TPSA) is 90.5 Å². The third-order valence-corrected chi connectivity index (χ3v) is 5.72. The van der Waals surface area contributed by atoms with Crippen molar-refractivity contribution in [2.24, 2.45) is 5.92 Å². The number of aromatic nitrogens is 4. The number of H-pyrrole nitrogens is 1. The van der Waals surface area contributed by atoms with Gasteiger partial charge in [-0.05, 0) is 57.4 Å². The van der Waals surface area contributed by atoms with E-state index in [1.54, 1.807) is 13.1 Å². The van der Waals surface area contributed by atoms with Gasteiger partial charge in [-0.25, -0.2) is 9.97 Å². The quantitative estimate of drug-likeness (QED) is 0.667. The van der Waals surface area contributed by atoms with Gasteiger partial charge in [0.2, 0.25) is 0 Å². The molecule has 0 saturated heterocycles. The zero-order valence-corrected chi connectivity index (χ0v) is 15.1. The fourth-order valence-electron chi connectivity index (χ4n) is 4.44. The second kappa shape index (κ2) is 7.08. The van der Waals surface area contributed by atoms with Crippen molar-refractivity contribution in [1.29, 1.82) is 5.26 Å². The minimum atomic E-state index is -0.607. The summed E-state index contributed by atoms with van der Waals surface area (Å²) in [5, 5.41) is 20.1. The number of hydrogen-bond donors (Lipinski definition) is 2. The van der Waals surface area contributed by atoms with Crippen LogP contribution >= 0.6 is 0 Å². The summed E-state index contributed by atoms with van der Waals surface area (Å²) in [5.74, 6) is 1.46. The van der Waals surface area contributed by atoms with E-state index in [1.165, 1.54) is 12.8 Å². The summed E-state index contributed by atoms with van der Waals surface area (Å²) < 4.78 is 2.27. The van der Waals surface area contributed by atoms with Crippen molar-refractivity contribution in [2.75, 3.05) is 0 Å². The molecule has 6 nitrogen and oxygen atoms in total. The van der Waals surface area contributed by atoms with Crippen molar-refractivity contribution in [3.8, 4) is 6.07 Å². The lowest BCUT2D eigenvalue weighted by molar-refractivity contribution is 0.174. The lowest BCUT2D eigenvalue weighted by atomic mass is 9.83. The third-order valence-electron chi connectivity index (χ3n) is 5.72. The van der Waals surface area contributed by atoms with Gasteiger partial charge < -0.3 is 14.7 Å².